The molecule has 0 atom stereocenters. The Kier molecular flexibility index (Phi) is 6.16. The Hall–Kier alpha value is -2.50. The minimum absolute atomic E-state index is 0.140. The van der Waals surface area contributed by atoms with Gasteiger partial charge in [0.2, 0.25) is 0 Å². The fourth-order valence-corrected chi connectivity index (χ4v) is 6.94. The van der Waals surface area contributed by atoms with Crippen molar-refractivity contribution in [2.45, 2.75) is 13.8 Å². The van der Waals surface area contributed by atoms with E-state index in [1.54, 1.807) is 0 Å². The molecule has 0 aliphatic heterocycles. The SMILES string of the molecule is COc1c(F)cc(F)[c]([Al]([c]2cc(F)cc(F)c2C)[c]2cc(F)cc(F)c2C)c1F. The van der Waals surface area contributed by atoms with Gasteiger partial charge in [-0.25, -0.2) is 30.7 Å². The predicted molar refractivity (Wildman–Crippen MR) is 99.7 cm³/mol. The Balaban J connectivity index is 2.49. The maximum absolute atomic E-state index is 15.1. The molecule has 0 bridgehead atoms. The molecule has 0 fully saturated rings. The van der Waals surface area contributed by atoms with Crippen molar-refractivity contribution in [2.24, 2.45) is 0 Å². The highest BCUT2D eigenvalue weighted by Gasteiger charge is 2.37. The summed E-state index contributed by atoms with van der Waals surface area (Å²) in [6.07, 6.45) is 0. The second-order valence-electron chi connectivity index (χ2n) is 6.74. The average molecular weight is 442 g/mol. The predicted octanol–water partition coefficient (Wildman–Crippen LogP) is 3.80. The zero-order chi connectivity index (χ0) is 22.3. The van der Waals surface area contributed by atoms with Crippen LogP contribution in [0, 0.1) is 54.6 Å². The van der Waals surface area contributed by atoms with Gasteiger partial charge in [0.15, 0.2) is 17.4 Å². The Bertz CT molecular complexity index is 1090. The third-order valence-electron chi connectivity index (χ3n) is 4.98. The molecule has 0 N–H and O–H groups in total. The van der Waals surface area contributed by atoms with E-state index in [2.05, 4.69) is 4.74 Å². The lowest BCUT2D eigenvalue weighted by molar-refractivity contribution is 0.358. The summed E-state index contributed by atoms with van der Waals surface area (Å²) in [5.41, 5.74) is -0.279. The van der Waals surface area contributed by atoms with E-state index < -0.39 is 65.0 Å². The van der Waals surface area contributed by atoms with Crippen LogP contribution >= 0.6 is 0 Å². The quantitative estimate of drug-likeness (QED) is 0.441. The van der Waals surface area contributed by atoms with Crippen LogP contribution in [0.15, 0.2) is 30.3 Å². The smallest absolute Gasteiger partial charge is 0.394 e. The van der Waals surface area contributed by atoms with Gasteiger partial charge in [0, 0.05) is 18.2 Å². The lowest BCUT2D eigenvalue weighted by Crippen LogP contribution is -2.57. The number of hydrogen-bond donors (Lipinski definition) is 0. The number of benzene rings is 3. The van der Waals surface area contributed by atoms with Gasteiger partial charge < -0.3 is 4.74 Å². The van der Waals surface area contributed by atoms with Crippen LogP contribution in [0.4, 0.5) is 30.7 Å². The van der Waals surface area contributed by atoms with Crippen LogP contribution in [0.3, 0.4) is 0 Å². The minimum Gasteiger partial charge on any atom is -0.491 e. The largest absolute Gasteiger partial charge is 0.491 e. The molecule has 0 aliphatic rings. The van der Waals surface area contributed by atoms with Crippen molar-refractivity contribution < 1.29 is 35.5 Å². The van der Waals surface area contributed by atoms with E-state index in [-0.39, 0.29) is 20.0 Å². The summed E-state index contributed by atoms with van der Waals surface area (Å²) in [7, 11) is 0.958. The van der Waals surface area contributed by atoms with Crippen LogP contribution in [0.1, 0.15) is 11.1 Å². The van der Waals surface area contributed by atoms with E-state index in [9.17, 15) is 26.3 Å². The summed E-state index contributed by atoms with van der Waals surface area (Å²) in [6, 6.07) is 3.27. The highest BCUT2D eigenvalue weighted by atomic mass is 27.2. The van der Waals surface area contributed by atoms with Crippen LogP contribution in [0.25, 0.3) is 0 Å². The second kappa shape index (κ2) is 8.32. The molecule has 0 saturated heterocycles. The van der Waals surface area contributed by atoms with E-state index >= 15 is 4.39 Å². The number of ether oxygens (including phenoxy) is 1. The molecule has 0 unspecified atom stereocenters. The lowest BCUT2D eigenvalue weighted by Gasteiger charge is -2.21. The van der Waals surface area contributed by atoms with Gasteiger partial charge in [-0.1, -0.05) is 8.85 Å². The third-order valence-corrected chi connectivity index (χ3v) is 8.53. The lowest BCUT2D eigenvalue weighted by atomic mass is 10.2. The van der Waals surface area contributed by atoms with Crippen LogP contribution in [-0.4, -0.2) is 21.3 Å². The van der Waals surface area contributed by atoms with Crippen LogP contribution in [0.2, 0.25) is 0 Å². The molecular weight excluding hydrogens is 428 g/mol. The van der Waals surface area contributed by atoms with Gasteiger partial charge in [0.05, 0.1) is 7.11 Å². The van der Waals surface area contributed by atoms with Gasteiger partial charge in [0.25, 0.3) is 0 Å². The summed E-state index contributed by atoms with van der Waals surface area (Å²) in [5.74, 6) is -9.07. The normalized spacial score (nSPS) is 11.0. The zero-order valence-electron chi connectivity index (χ0n) is 16.0. The molecule has 30 heavy (non-hydrogen) atoms. The van der Waals surface area contributed by atoms with E-state index in [1.165, 1.54) is 13.8 Å². The standard InChI is InChI=1S/C7H4F3O.2C7H5F2.Al/c1-11-7-5(9)2-4(8)3-6(7)10;2*1-5-2-3-6(8)4-7(5)9;/h2H,1H3;2*3-4H,1H3;. The molecule has 3 aromatic rings. The molecule has 156 valence electrons. The maximum Gasteiger partial charge on any atom is 0.394 e. The molecule has 3 rings (SSSR count). The van der Waals surface area contributed by atoms with E-state index in [0.717, 1.165) is 19.2 Å². The molecule has 0 aromatic heterocycles. The number of rotatable bonds is 4. The molecule has 0 saturated carbocycles. The molecular formula is C21H14AlF7O. The molecule has 0 aliphatic carbocycles. The molecule has 1 nitrogen and oxygen atoms in total. The first-order chi connectivity index (χ1) is 14.1. The summed E-state index contributed by atoms with van der Waals surface area (Å²) in [4.78, 5) is 0. The minimum atomic E-state index is -3.60. The fraction of sp³-hybridized carbons (Fsp3) is 0.143. The summed E-state index contributed by atoms with van der Waals surface area (Å²) in [5, 5.41) is 0. The van der Waals surface area contributed by atoms with Crippen molar-refractivity contribution in [1.82, 2.24) is 0 Å². The molecule has 3 aromatic carbocycles. The van der Waals surface area contributed by atoms with Gasteiger partial charge in [-0.2, -0.15) is 0 Å². The molecule has 9 heteroatoms. The molecule has 0 spiro atoms. The first-order valence-electron chi connectivity index (χ1n) is 8.69. The Morgan fingerprint density at radius 3 is 1.53 bits per heavy atom. The van der Waals surface area contributed by atoms with Crippen molar-refractivity contribution in [2.75, 3.05) is 7.11 Å². The highest BCUT2D eigenvalue weighted by Crippen LogP contribution is 2.22. The monoisotopic (exact) mass is 442 g/mol. The Morgan fingerprint density at radius 2 is 1.10 bits per heavy atom. The second-order valence-corrected chi connectivity index (χ2v) is 9.43. The van der Waals surface area contributed by atoms with E-state index in [4.69, 9.17) is 0 Å². The third kappa shape index (κ3) is 3.80. The van der Waals surface area contributed by atoms with Gasteiger partial charge >= 0.3 is 14.1 Å². The van der Waals surface area contributed by atoms with E-state index in [1.807, 2.05) is 0 Å². The van der Waals surface area contributed by atoms with Gasteiger partial charge in [-0.05, 0) is 41.5 Å². The summed E-state index contributed by atoms with van der Waals surface area (Å²) >= 11 is -3.60. The number of methoxy groups -OCH3 is 1. The maximum atomic E-state index is 15.1. The van der Waals surface area contributed by atoms with Crippen molar-refractivity contribution >= 4 is 27.4 Å². The Labute approximate surface area is 172 Å². The van der Waals surface area contributed by atoms with Gasteiger partial charge in [-0.3, -0.25) is 0 Å². The van der Waals surface area contributed by atoms with Gasteiger partial charge in [0.1, 0.15) is 29.1 Å². The number of hydrogen-bond acceptors (Lipinski definition) is 1. The highest BCUT2D eigenvalue weighted by molar-refractivity contribution is 6.96. The fourth-order valence-electron chi connectivity index (χ4n) is 3.45. The topological polar surface area (TPSA) is 9.23 Å². The summed E-state index contributed by atoms with van der Waals surface area (Å²) in [6.45, 7) is 2.51. The molecule has 0 amide bonds. The summed E-state index contributed by atoms with van der Waals surface area (Å²) < 4.78 is 104. The zero-order valence-corrected chi connectivity index (χ0v) is 17.2. The van der Waals surface area contributed by atoms with Gasteiger partial charge in [-0.15, -0.1) is 0 Å². The Morgan fingerprint density at radius 1 is 0.633 bits per heavy atom. The average Bonchev–Trinajstić information content (AvgIpc) is 2.65. The first-order valence-corrected chi connectivity index (χ1v) is 10.4. The van der Waals surface area contributed by atoms with Crippen LogP contribution in [-0.2, 0) is 0 Å². The van der Waals surface area contributed by atoms with E-state index in [0.29, 0.717) is 18.2 Å². The van der Waals surface area contributed by atoms with Crippen LogP contribution < -0.4 is 18.0 Å². The van der Waals surface area contributed by atoms with Crippen molar-refractivity contribution in [1.29, 1.82) is 0 Å². The number of halogens is 7. The van der Waals surface area contributed by atoms with Crippen LogP contribution in [0.5, 0.6) is 5.75 Å². The molecule has 0 radical (unpaired) electrons. The van der Waals surface area contributed by atoms with Crippen molar-refractivity contribution in [3.8, 4) is 5.75 Å². The van der Waals surface area contributed by atoms with Crippen molar-refractivity contribution in [3.63, 3.8) is 0 Å². The van der Waals surface area contributed by atoms with Crippen molar-refractivity contribution in [3.05, 3.63) is 82.2 Å². The molecule has 0 heterocycles. The first kappa shape index (κ1) is 22.2.